The van der Waals surface area contributed by atoms with E-state index in [1.54, 1.807) is 11.8 Å². The average Bonchev–Trinajstić information content (AvgIpc) is 3.05. The number of carbonyl (C=O) groups excluding carboxylic acids is 3. The van der Waals surface area contributed by atoms with E-state index in [1.165, 1.54) is 12.0 Å². The molecule has 1 aromatic rings. The van der Waals surface area contributed by atoms with E-state index in [9.17, 15) is 14.4 Å². The van der Waals surface area contributed by atoms with Crippen molar-refractivity contribution in [3.05, 3.63) is 33.1 Å². The van der Waals surface area contributed by atoms with Gasteiger partial charge >= 0.3 is 5.97 Å². The van der Waals surface area contributed by atoms with Crippen LogP contribution in [0.25, 0.3) is 5.57 Å². The van der Waals surface area contributed by atoms with E-state index in [0.29, 0.717) is 17.7 Å². The van der Waals surface area contributed by atoms with Crippen LogP contribution in [0.15, 0.2) is 27.6 Å². The van der Waals surface area contributed by atoms with Crippen LogP contribution in [-0.2, 0) is 19.1 Å². The highest BCUT2D eigenvalue weighted by molar-refractivity contribution is 9.10. The summed E-state index contributed by atoms with van der Waals surface area (Å²) in [7, 11) is 1.25. The summed E-state index contributed by atoms with van der Waals surface area (Å²) in [4.78, 5) is 40.8. The Morgan fingerprint density at radius 3 is 2.65 bits per heavy atom. The minimum Gasteiger partial charge on any atom is -0.467 e. The summed E-state index contributed by atoms with van der Waals surface area (Å²) in [5.41, 5.74) is 1.75. The maximum atomic E-state index is 13.0. The highest BCUT2D eigenvalue weighted by Crippen LogP contribution is 2.45. The Bertz CT molecular complexity index is 884. The zero-order chi connectivity index (χ0) is 19.2. The largest absolute Gasteiger partial charge is 0.467 e. The van der Waals surface area contributed by atoms with Crippen molar-refractivity contribution >= 4 is 73.3 Å². The standard InChI is InChI=1S/C17H15BrN2O4S2/c1-4-19-11-6-5-9(18)7-10(11)12(14(19)21)13-15(22)20(17(25)26-13)8(2)16(23)24-3/h5-8H,4H2,1-3H3/b13-12-/t8-/m0/s1. The van der Waals surface area contributed by atoms with Gasteiger partial charge in [0.1, 0.15) is 10.4 Å². The quantitative estimate of drug-likeness (QED) is 0.397. The number of rotatable bonds is 3. The lowest BCUT2D eigenvalue weighted by Crippen LogP contribution is -2.42. The van der Waals surface area contributed by atoms with Crippen molar-refractivity contribution in [1.29, 1.82) is 0 Å². The molecule has 0 bridgehead atoms. The maximum absolute atomic E-state index is 13.0. The summed E-state index contributed by atoms with van der Waals surface area (Å²) in [6.07, 6.45) is 0. The number of hydrogen-bond donors (Lipinski definition) is 0. The molecule has 0 aromatic heterocycles. The lowest BCUT2D eigenvalue weighted by molar-refractivity contribution is -0.147. The number of amides is 2. The SMILES string of the molecule is CCN1C(=O)/C(=C2\SC(=S)N([C@@H](C)C(=O)OC)C2=O)c2cc(Br)ccc21. The Balaban J connectivity index is 2.13. The first-order chi connectivity index (χ1) is 12.3. The molecule has 0 N–H and O–H groups in total. The second-order valence-electron chi connectivity index (χ2n) is 5.66. The normalized spacial score (nSPS) is 20.7. The second-order valence-corrected chi connectivity index (χ2v) is 8.22. The van der Waals surface area contributed by atoms with Gasteiger partial charge in [0.25, 0.3) is 11.8 Å². The predicted molar refractivity (Wildman–Crippen MR) is 108 cm³/mol. The zero-order valence-electron chi connectivity index (χ0n) is 14.2. The van der Waals surface area contributed by atoms with Crippen LogP contribution < -0.4 is 4.90 Å². The lowest BCUT2D eigenvalue weighted by Gasteiger charge is -2.20. The van der Waals surface area contributed by atoms with Gasteiger partial charge in [0, 0.05) is 16.6 Å². The molecule has 1 aromatic carbocycles. The minimum atomic E-state index is -0.855. The number of likely N-dealkylation sites (N-methyl/N-ethyl adjacent to an activating group) is 1. The van der Waals surface area contributed by atoms with Gasteiger partial charge in [-0.05, 0) is 32.0 Å². The van der Waals surface area contributed by atoms with Crippen LogP contribution >= 0.6 is 39.9 Å². The van der Waals surface area contributed by atoms with E-state index in [2.05, 4.69) is 15.9 Å². The highest BCUT2D eigenvalue weighted by Gasteiger charge is 2.44. The van der Waals surface area contributed by atoms with E-state index in [1.807, 2.05) is 25.1 Å². The van der Waals surface area contributed by atoms with Crippen LogP contribution in [0.4, 0.5) is 5.69 Å². The van der Waals surface area contributed by atoms with Gasteiger partial charge in [0.05, 0.1) is 23.3 Å². The summed E-state index contributed by atoms with van der Waals surface area (Å²) in [5.74, 6) is -1.26. The number of hydrogen-bond acceptors (Lipinski definition) is 6. The molecule has 136 valence electrons. The van der Waals surface area contributed by atoms with Crippen LogP contribution in [0.5, 0.6) is 0 Å². The lowest BCUT2D eigenvalue weighted by atomic mass is 10.1. The summed E-state index contributed by atoms with van der Waals surface area (Å²) in [6, 6.07) is 4.65. The van der Waals surface area contributed by atoms with Crippen molar-refractivity contribution in [1.82, 2.24) is 4.90 Å². The number of nitrogens with zero attached hydrogens (tertiary/aromatic N) is 2. The van der Waals surface area contributed by atoms with Gasteiger partial charge in [-0.25, -0.2) is 4.79 Å². The number of anilines is 1. The Morgan fingerprint density at radius 1 is 1.35 bits per heavy atom. The Morgan fingerprint density at radius 2 is 2.04 bits per heavy atom. The molecule has 26 heavy (non-hydrogen) atoms. The first-order valence-corrected chi connectivity index (χ1v) is 9.82. The average molecular weight is 455 g/mol. The molecule has 6 nitrogen and oxygen atoms in total. The van der Waals surface area contributed by atoms with Gasteiger partial charge in [-0.15, -0.1) is 0 Å². The number of methoxy groups -OCH3 is 1. The van der Waals surface area contributed by atoms with Crippen LogP contribution in [0.3, 0.4) is 0 Å². The minimum absolute atomic E-state index is 0.231. The van der Waals surface area contributed by atoms with E-state index in [0.717, 1.165) is 21.9 Å². The Hall–Kier alpha value is -1.71. The number of fused-ring (bicyclic) bond motifs is 1. The topological polar surface area (TPSA) is 66.9 Å². The number of halogens is 1. The van der Waals surface area contributed by atoms with E-state index >= 15 is 0 Å². The molecule has 2 aliphatic heterocycles. The number of carbonyl (C=O) groups is 3. The third-order valence-corrected chi connectivity index (χ3v) is 6.14. The van der Waals surface area contributed by atoms with Gasteiger partial charge in [-0.2, -0.15) is 0 Å². The molecular formula is C17H15BrN2O4S2. The van der Waals surface area contributed by atoms with Gasteiger partial charge in [-0.1, -0.05) is 39.9 Å². The van der Waals surface area contributed by atoms with Crippen molar-refractivity contribution in [2.24, 2.45) is 0 Å². The molecule has 0 unspecified atom stereocenters. The van der Waals surface area contributed by atoms with Crippen molar-refractivity contribution in [3.8, 4) is 0 Å². The molecule has 3 rings (SSSR count). The van der Waals surface area contributed by atoms with Crippen LogP contribution in [0, 0.1) is 0 Å². The third-order valence-electron chi connectivity index (χ3n) is 4.25. The smallest absolute Gasteiger partial charge is 0.328 e. The fraction of sp³-hybridized carbons (Fsp3) is 0.294. The summed E-state index contributed by atoms with van der Waals surface area (Å²) >= 11 is 9.74. The van der Waals surface area contributed by atoms with E-state index in [4.69, 9.17) is 17.0 Å². The van der Waals surface area contributed by atoms with Crippen LogP contribution in [-0.4, -0.2) is 46.7 Å². The molecule has 0 spiro atoms. The number of esters is 1. The third kappa shape index (κ3) is 2.87. The first kappa shape index (κ1) is 19.1. The summed E-state index contributed by atoms with van der Waals surface area (Å²) in [5, 5.41) is 0. The molecular weight excluding hydrogens is 440 g/mol. The molecule has 1 fully saturated rings. The number of thiocarbonyl (C=S) groups is 1. The number of benzene rings is 1. The molecule has 0 radical (unpaired) electrons. The van der Waals surface area contributed by atoms with Crippen LogP contribution in [0.1, 0.15) is 19.4 Å². The predicted octanol–water partition coefficient (Wildman–Crippen LogP) is 2.95. The second kappa shape index (κ2) is 7.13. The van der Waals surface area contributed by atoms with E-state index < -0.39 is 17.9 Å². The van der Waals surface area contributed by atoms with Gasteiger partial charge in [0.15, 0.2) is 0 Å². The number of thioether (sulfide) groups is 1. The summed E-state index contributed by atoms with van der Waals surface area (Å²) < 4.78 is 5.75. The van der Waals surface area contributed by atoms with E-state index in [-0.39, 0.29) is 15.1 Å². The number of ether oxygens (including phenoxy) is 1. The molecule has 1 saturated heterocycles. The van der Waals surface area contributed by atoms with Crippen molar-refractivity contribution in [2.45, 2.75) is 19.9 Å². The van der Waals surface area contributed by atoms with Crippen molar-refractivity contribution < 1.29 is 19.1 Å². The van der Waals surface area contributed by atoms with Crippen molar-refractivity contribution in [3.63, 3.8) is 0 Å². The first-order valence-electron chi connectivity index (χ1n) is 7.81. The summed E-state index contributed by atoms with van der Waals surface area (Å²) in [6.45, 7) is 3.90. The molecule has 2 heterocycles. The Labute approximate surface area is 168 Å². The fourth-order valence-corrected chi connectivity index (χ4v) is 4.83. The Kier molecular flexibility index (Phi) is 5.23. The van der Waals surface area contributed by atoms with Gasteiger partial charge in [0.2, 0.25) is 0 Å². The van der Waals surface area contributed by atoms with Gasteiger partial charge in [-0.3, -0.25) is 14.5 Å². The maximum Gasteiger partial charge on any atom is 0.328 e. The zero-order valence-corrected chi connectivity index (χ0v) is 17.5. The molecule has 0 aliphatic carbocycles. The van der Waals surface area contributed by atoms with Crippen LogP contribution in [0.2, 0.25) is 0 Å². The van der Waals surface area contributed by atoms with Gasteiger partial charge < -0.3 is 9.64 Å². The molecule has 0 saturated carbocycles. The highest BCUT2D eigenvalue weighted by atomic mass is 79.9. The van der Waals surface area contributed by atoms with Crippen molar-refractivity contribution in [2.75, 3.05) is 18.6 Å². The monoisotopic (exact) mass is 454 g/mol. The fourth-order valence-electron chi connectivity index (χ4n) is 2.98. The molecule has 2 aliphatic rings. The molecule has 1 atom stereocenters. The molecule has 2 amide bonds. The molecule has 9 heteroatoms.